The number of amides is 4. The summed E-state index contributed by atoms with van der Waals surface area (Å²) in [4.78, 5) is 68.5. The molecule has 1 aromatic heterocycles. The number of hydrogen-bond acceptors (Lipinski definition) is 14. The van der Waals surface area contributed by atoms with Gasteiger partial charge in [0.1, 0.15) is 30.5 Å². The zero-order chi connectivity index (χ0) is 48.5. The van der Waals surface area contributed by atoms with E-state index >= 15 is 0 Å². The van der Waals surface area contributed by atoms with E-state index in [2.05, 4.69) is 54.3 Å². The van der Waals surface area contributed by atoms with Crippen LogP contribution in [0.15, 0.2) is 73.4 Å². The molecule has 8 rings (SSSR count). The lowest BCUT2D eigenvalue weighted by atomic mass is 10.0. The van der Waals surface area contributed by atoms with Crippen LogP contribution in [0.1, 0.15) is 96.9 Å². The Morgan fingerprint density at radius 2 is 1.55 bits per heavy atom. The summed E-state index contributed by atoms with van der Waals surface area (Å²) in [5, 5.41) is 9.70. The van der Waals surface area contributed by atoms with Gasteiger partial charge in [0, 0.05) is 80.5 Å². The van der Waals surface area contributed by atoms with Crippen LogP contribution in [0.3, 0.4) is 0 Å². The first-order chi connectivity index (χ1) is 33.4. The maximum atomic E-state index is 13.3. The Kier molecular flexibility index (Phi) is 16.1. The minimum absolute atomic E-state index is 0.0825. The number of benzene rings is 3. The number of carbonyl (C=O) groups excluding carboxylic acids is 4. The zero-order valence-electron chi connectivity index (χ0n) is 40.2. The molecule has 1 unspecified atom stereocenters. The van der Waals surface area contributed by atoms with Gasteiger partial charge >= 0.3 is 0 Å². The fourth-order valence-corrected chi connectivity index (χ4v) is 11.1. The molecule has 4 aromatic rings. The van der Waals surface area contributed by atoms with E-state index in [1.165, 1.54) is 25.7 Å². The van der Waals surface area contributed by atoms with Crippen LogP contribution in [0.5, 0.6) is 11.5 Å². The number of nitrogens with zero attached hydrogens (tertiary/aromatic N) is 6. The third kappa shape index (κ3) is 11.9. The van der Waals surface area contributed by atoms with Gasteiger partial charge in [0.05, 0.1) is 36.2 Å². The fraction of sp³-hybridized carbons (Fsp3) is 0.462. The van der Waals surface area contributed by atoms with Crippen LogP contribution in [-0.4, -0.2) is 133 Å². The third-order valence-corrected chi connectivity index (χ3v) is 15.3. The molecule has 3 aromatic carbocycles. The number of hydrogen-bond donors (Lipinski definition) is 3. The number of imide groups is 2. The Morgan fingerprint density at radius 3 is 2.28 bits per heavy atom. The number of para-hydroxylation sites is 1. The van der Waals surface area contributed by atoms with E-state index in [-0.39, 0.29) is 24.0 Å². The SMILES string of the molecule is C=Cc1cnc(Nc2ccc(N3CCC(N4CCN(CCCCCCCCCOc5cccc6c5C(=O)N(C5CCC(=O)NC5=O)C6=O)CC4)CC3)cc2OC)nc1Nc1ccccc1P(C)(C)=O. The highest BCUT2D eigenvalue weighted by atomic mass is 31.2. The Morgan fingerprint density at radius 1 is 0.812 bits per heavy atom. The number of methoxy groups -OCH3 is 1. The summed E-state index contributed by atoms with van der Waals surface area (Å²) in [5.41, 5.74) is 3.79. The number of anilines is 5. The number of piperazine rings is 1. The predicted octanol–water partition coefficient (Wildman–Crippen LogP) is 7.66. The van der Waals surface area contributed by atoms with Gasteiger partial charge < -0.3 is 34.5 Å². The lowest BCUT2D eigenvalue weighted by Gasteiger charge is -2.43. The molecule has 3 N–H and O–H groups in total. The van der Waals surface area contributed by atoms with Crippen molar-refractivity contribution in [2.45, 2.75) is 82.7 Å². The molecule has 0 spiro atoms. The van der Waals surface area contributed by atoms with Crippen LogP contribution >= 0.6 is 7.14 Å². The van der Waals surface area contributed by atoms with Crippen LogP contribution in [0, 0.1) is 0 Å². The molecule has 5 heterocycles. The van der Waals surface area contributed by atoms with Crippen molar-refractivity contribution in [3.8, 4) is 11.5 Å². The lowest BCUT2D eigenvalue weighted by molar-refractivity contribution is -0.136. The summed E-state index contributed by atoms with van der Waals surface area (Å²) >= 11 is 0. The van der Waals surface area contributed by atoms with Gasteiger partial charge in [0.2, 0.25) is 17.8 Å². The summed E-state index contributed by atoms with van der Waals surface area (Å²) in [6.07, 6.45) is 13.7. The van der Waals surface area contributed by atoms with Crippen molar-refractivity contribution in [2.24, 2.45) is 0 Å². The van der Waals surface area contributed by atoms with E-state index in [0.717, 1.165) is 111 Å². The molecule has 0 radical (unpaired) electrons. The van der Waals surface area contributed by atoms with Crippen molar-refractivity contribution in [1.29, 1.82) is 0 Å². The highest BCUT2D eigenvalue weighted by Gasteiger charge is 2.46. The number of rotatable bonds is 21. The fourth-order valence-electron chi connectivity index (χ4n) is 9.93. The second kappa shape index (κ2) is 22.6. The van der Waals surface area contributed by atoms with E-state index in [1.807, 2.05) is 30.3 Å². The first-order valence-electron chi connectivity index (χ1n) is 24.5. The Hall–Kier alpha value is -6.09. The summed E-state index contributed by atoms with van der Waals surface area (Å²) in [5.74, 6) is -0.0637. The van der Waals surface area contributed by atoms with Crippen LogP contribution < -0.4 is 35.6 Å². The number of piperidine rings is 2. The second-order valence-corrected chi connectivity index (χ2v) is 21.9. The van der Waals surface area contributed by atoms with Gasteiger partial charge in [-0.3, -0.25) is 34.3 Å². The van der Waals surface area contributed by atoms with Crippen LogP contribution in [0.4, 0.5) is 28.8 Å². The van der Waals surface area contributed by atoms with E-state index in [9.17, 15) is 23.7 Å². The van der Waals surface area contributed by atoms with Crippen molar-refractivity contribution in [2.75, 3.05) is 88.4 Å². The monoisotopic (exact) mass is 959 g/mol. The summed E-state index contributed by atoms with van der Waals surface area (Å²) in [6, 6.07) is 18.4. The quantitative estimate of drug-likeness (QED) is 0.0421. The Bertz CT molecular complexity index is 2570. The zero-order valence-corrected chi connectivity index (χ0v) is 41.1. The number of aromatic nitrogens is 2. The van der Waals surface area contributed by atoms with E-state index in [0.29, 0.717) is 35.9 Å². The van der Waals surface area contributed by atoms with Gasteiger partial charge in [-0.15, -0.1) is 0 Å². The maximum absolute atomic E-state index is 13.3. The van der Waals surface area contributed by atoms with Gasteiger partial charge in [-0.1, -0.05) is 63.0 Å². The number of carbonyl (C=O) groups is 4. The second-order valence-electron chi connectivity index (χ2n) is 18.7. The van der Waals surface area contributed by atoms with Gasteiger partial charge in [0.15, 0.2) is 0 Å². The topological polar surface area (TPSA) is 179 Å². The third-order valence-electron chi connectivity index (χ3n) is 13.8. The average molecular weight is 960 g/mol. The van der Waals surface area contributed by atoms with E-state index < -0.39 is 36.8 Å². The molecule has 17 heteroatoms. The van der Waals surface area contributed by atoms with Crippen molar-refractivity contribution >= 4 is 71.0 Å². The molecule has 0 bridgehead atoms. The largest absolute Gasteiger partial charge is 0.494 e. The molecule has 366 valence electrons. The molecule has 3 saturated heterocycles. The molecule has 3 fully saturated rings. The normalized spacial score (nSPS) is 18.3. The molecule has 0 aliphatic carbocycles. The van der Waals surface area contributed by atoms with E-state index in [1.54, 1.807) is 50.9 Å². The number of nitrogens with one attached hydrogen (secondary N) is 3. The maximum Gasteiger partial charge on any atom is 0.266 e. The van der Waals surface area contributed by atoms with Crippen molar-refractivity contribution < 1.29 is 33.2 Å². The molecule has 69 heavy (non-hydrogen) atoms. The van der Waals surface area contributed by atoms with Crippen LogP contribution in [0.25, 0.3) is 6.08 Å². The molecular weight excluding hydrogens is 894 g/mol. The molecular formula is C52H66N9O7P. The van der Waals surface area contributed by atoms with Crippen molar-refractivity contribution in [3.63, 3.8) is 0 Å². The van der Waals surface area contributed by atoms with Crippen molar-refractivity contribution in [3.05, 3.63) is 90.1 Å². The molecule has 4 amide bonds. The van der Waals surface area contributed by atoms with E-state index in [4.69, 9.17) is 14.5 Å². The minimum Gasteiger partial charge on any atom is -0.494 e. The summed E-state index contributed by atoms with van der Waals surface area (Å²) in [7, 11) is -0.861. The number of ether oxygens (including phenoxy) is 2. The van der Waals surface area contributed by atoms with Gasteiger partial charge in [-0.25, -0.2) is 4.98 Å². The standard InChI is InChI=1S/C52H66N9O7P/c1-5-36-35-53-52(57-48(36)54-41-17-11-12-19-45(41)69(3,4)66)55-40-21-20-38(34-44(40)67-2)59-27-24-37(25-28-59)60-31-29-58(30-32-60)26-13-9-7-6-8-10-14-33-68-43-18-15-16-39-47(43)51(65)61(50(39)64)42-22-23-46(62)56-49(42)63/h5,11-12,15-21,34-35,37,42H,1,6-10,13-14,22-33H2,2-4H3,(H,56,62,63)(H2,53,54,55,57). The Labute approximate surface area is 405 Å². The number of fused-ring (bicyclic) bond motifs is 1. The summed E-state index contributed by atoms with van der Waals surface area (Å²) in [6.45, 7) is 15.5. The molecule has 16 nitrogen and oxygen atoms in total. The van der Waals surface area contributed by atoms with Gasteiger partial charge in [-0.2, -0.15) is 4.98 Å². The van der Waals surface area contributed by atoms with Crippen LogP contribution in [-0.2, 0) is 14.2 Å². The smallest absolute Gasteiger partial charge is 0.266 e. The highest BCUT2D eigenvalue weighted by Crippen LogP contribution is 2.39. The van der Waals surface area contributed by atoms with Gasteiger partial charge in [-0.05, 0) is 88.4 Å². The first-order valence-corrected chi connectivity index (χ1v) is 27.1. The Balaban J connectivity index is 0.702. The summed E-state index contributed by atoms with van der Waals surface area (Å²) < 4.78 is 24.9. The molecule has 4 aliphatic heterocycles. The predicted molar refractivity (Wildman–Crippen MR) is 271 cm³/mol. The number of unbranched alkanes of at least 4 members (excludes halogenated alkanes) is 6. The van der Waals surface area contributed by atoms with Crippen molar-refractivity contribution in [1.82, 2.24) is 30.0 Å². The highest BCUT2D eigenvalue weighted by molar-refractivity contribution is 7.70. The van der Waals surface area contributed by atoms with Crippen LogP contribution in [0.2, 0.25) is 0 Å². The first kappa shape index (κ1) is 49.3. The molecule has 1 atom stereocenters. The minimum atomic E-state index is -2.54. The lowest BCUT2D eigenvalue weighted by Crippen LogP contribution is -2.54. The molecule has 0 saturated carbocycles. The molecule has 4 aliphatic rings. The average Bonchev–Trinajstić information content (AvgIpc) is 3.61. The van der Waals surface area contributed by atoms with Gasteiger partial charge in [0.25, 0.3) is 11.8 Å².